The molecule has 1 fully saturated rings. The fourth-order valence-electron chi connectivity index (χ4n) is 2.15. The predicted molar refractivity (Wildman–Crippen MR) is 78.7 cm³/mol. The molecular formula is C13H17N3O3S. The highest BCUT2D eigenvalue weighted by molar-refractivity contribution is 7.80. The Morgan fingerprint density at radius 1 is 1.70 bits per heavy atom. The lowest BCUT2D eigenvalue weighted by atomic mass is 10.1. The van der Waals surface area contributed by atoms with Crippen LogP contribution in [0.25, 0.3) is 0 Å². The molecule has 0 aliphatic carbocycles. The minimum absolute atomic E-state index is 0.211. The Balaban J connectivity index is 2.13. The second-order valence-corrected chi connectivity index (χ2v) is 4.90. The van der Waals surface area contributed by atoms with Crippen molar-refractivity contribution in [2.45, 2.75) is 12.5 Å². The van der Waals surface area contributed by atoms with Crippen molar-refractivity contribution in [3.63, 3.8) is 0 Å². The van der Waals surface area contributed by atoms with Crippen LogP contribution in [-0.2, 0) is 14.3 Å². The third kappa shape index (κ3) is 3.43. The SMILES string of the molecule is COC(=O)CC1CN(c2ncccc2C(N)=S)CCO1. The Labute approximate surface area is 122 Å². The summed E-state index contributed by atoms with van der Waals surface area (Å²) in [5, 5.41) is 0. The van der Waals surface area contributed by atoms with E-state index in [1.54, 1.807) is 12.3 Å². The van der Waals surface area contributed by atoms with Gasteiger partial charge in [-0.3, -0.25) is 4.79 Å². The Morgan fingerprint density at radius 2 is 2.50 bits per heavy atom. The van der Waals surface area contributed by atoms with Crippen molar-refractivity contribution in [1.82, 2.24) is 4.98 Å². The van der Waals surface area contributed by atoms with Gasteiger partial charge >= 0.3 is 5.97 Å². The first-order valence-corrected chi connectivity index (χ1v) is 6.71. The monoisotopic (exact) mass is 295 g/mol. The average Bonchev–Trinajstić information content (AvgIpc) is 2.47. The number of aromatic nitrogens is 1. The van der Waals surface area contributed by atoms with Crippen molar-refractivity contribution in [2.24, 2.45) is 5.73 Å². The van der Waals surface area contributed by atoms with Gasteiger partial charge in [-0.2, -0.15) is 0 Å². The molecule has 1 unspecified atom stereocenters. The van der Waals surface area contributed by atoms with E-state index in [2.05, 4.69) is 9.72 Å². The highest BCUT2D eigenvalue weighted by atomic mass is 32.1. The molecule has 2 rings (SSSR count). The number of nitrogens with two attached hydrogens (primary N) is 1. The van der Waals surface area contributed by atoms with Crippen LogP contribution in [0.15, 0.2) is 18.3 Å². The van der Waals surface area contributed by atoms with Crippen molar-refractivity contribution in [1.29, 1.82) is 0 Å². The lowest BCUT2D eigenvalue weighted by molar-refractivity contribution is -0.144. The van der Waals surface area contributed by atoms with E-state index in [9.17, 15) is 4.79 Å². The normalized spacial score (nSPS) is 18.6. The number of anilines is 1. The van der Waals surface area contributed by atoms with Gasteiger partial charge in [-0.25, -0.2) is 4.98 Å². The van der Waals surface area contributed by atoms with Gasteiger partial charge in [-0.15, -0.1) is 0 Å². The Morgan fingerprint density at radius 3 is 3.20 bits per heavy atom. The number of pyridine rings is 1. The molecule has 0 aromatic carbocycles. The van der Waals surface area contributed by atoms with Crippen LogP contribution in [0, 0.1) is 0 Å². The van der Waals surface area contributed by atoms with Crippen molar-refractivity contribution in [3.05, 3.63) is 23.9 Å². The van der Waals surface area contributed by atoms with E-state index in [0.29, 0.717) is 24.7 Å². The second kappa shape index (κ2) is 6.62. The molecule has 2 heterocycles. The Kier molecular flexibility index (Phi) is 4.86. The number of rotatable bonds is 4. The van der Waals surface area contributed by atoms with E-state index >= 15 is 0 Å². The summed E-state index contributed by atoms with van der Waals surface area (Å²) in [4.78, 5) is 18.0. The van der Waals surface area contributed by atoms with Crippen molar-refractivity contribution in [2.75, 3.05) is 31.7 Å². The molecule has 0 bridgehead atoms. The molecule has 1 aliphatic rings. The minimum atomic E-state index is -0.285. The fourth-order valence-corrected chi connectivity index (χ4v) is 2.31. The van der Waals surface area contributed by atoms with E-state index in [0.717, 1.165) is 11.4 Å². The molecule has 1 saturated heterocycles. The lowest BCUT2D eigenvalue weighted by Crippen LogP contribution is -2.44. The molecule has 1 aromatic rings. The number of hydrogen-bond donors (Lipinski definition) is 1. The maximum absolute atomic E-state index is 11.3. The molecule has 1 aromatic heterocycles. The summed E-state index contributed by atoms with van der Waals surface area (Å²) in [6, 6.07) is 3.64. The molecule has 108 valence electrons. The quantitative estimate of drug-likeness (QED) is 0.639. The maximum Gasteiger partial charge on any atom is 0.308 e. The zero-order valence-corrected chi connectivity index (χ0v) is 12.1. The number of morpholine rings is 1. The Bertz CT molecular complexity index is 509. The first-order chi connectivity index (χ1) is 9.61. The van der Waals surface area contributed by atoms with E-state index in [1.165, 1.54) is 7.11 Å². The average molecular weight is 295 g/mol. The van der Waals surface area contributed by atoms with Gasteiger partial charge in [0.25, 0.3) is 0 Å². The van der Waals surface area contributed by atoms with Crippen LogP contribution in [-0.4, -0.2) is 48.9 Å². The molecule has 7 heteroatoms. The number of carbonyl (C=O) groups excluding carboxylic acids is 1. The summed E-state index contributed by atoms with van der Waals surface area (Å²) >= 11 is 5.04. The van der Waals surface area contributed by atoms with Crippen LogP contribution in [0.1, 0.15) is 12.0 Å². The van der Waals surface area contributed by atoms with Crippen LogP contribution >= 0.6 is 12.2 Å². The van der Waals surface area contributed by atoms with Gasteiger partial charge in [0.1, 0.15) is 10.8 Å². The summed E-state index contributed by atoms with van der Waals surface area (Å²) in [5.74, 6) is 0.450. The molecule has 1 atom stereocenters. The van der Waals surface area contributed by atoms with Gasteiger partial charge in [-0.1, -0.05) is 12.2 Å². The summed E-state index contributed by atoms with van der Waals surface area (Å²) < 4.78 is 10.2. The number of esters is 1. The highest BCUT2D eigenvalue weighted by Crippen LogP contribution is 2.21. The molecule has 1 aliphatic heterocycles. The maximum atomic E-state index is 11.3. The van der Waals surface area contributed by atoms with Crippen LogP contribution in [0.3, 0.4) is 0 Å². The third-order valence-electron chi connectivity index (χ3n) is 3.11. The van der Waals surface area contributed by atoms with Gasteiger partial charge in [0.15, 0.2) is 0 Å². The van der Waals surface area contributed by atoms with Gasteiger partial charge in [0.05, 0.1) is 31.8 Å². The number of methoxy groups -OCH3 is 1. The first kappa shape index (κ1) is 14.7. The molecule has 0 spiro atoms. The standard InChI is InChI=1S/C13H17N3O3S/c1-18-11(17)7-9-8-16(5-6-19-9)13-10(12(14)20)3-2-4-15-13/h2-4,9H,5-8H2,1H3,(H2,14,20). The number of carbonyl (C=O) groups is 1. The van der Waals surface area contributed by atoms with Gasteiger partial charge in [-0.05, 0) is 12.1 Å². The van der Waals surface area contributed by atoms with Crippen molar-refractivity contribution >= 4 is 29.0 Å². The van der Waals surface area contributed by atoms with Crippen LogP contribution in [0.5, 0.6) is 0 Å². The van der Waals surface area contributed by atoms with Gasteiger partial charge in [0.2, 0.25) is 0 Å². The van der Waals surface area contributed by atoms with Gasteiger partial charge in [0, 0.05) is 19.3 Å². The molecule has 2 N–H and O–H groups in total. The number of nitrogens with zero attached hydrogens (tertiary/aromatic N) is 2. The van der Waals surface area contributed by atoms with Crippen molar-refractivity contribution < 1.29 is 14.3 Å². The number of hydrogen-bond acceptors (Lipinski definition) is 6. The van der Waals surface area contributed by atoms with E-state index in [1.807, 2.05) is 11.0 Å². The van der Waals surface area contributed by atoms with E-state index in [4.69, 9.17) is 22.7 Å². The molecule has 0 radical (unpaired) electrons. The third-order valence-corrected chi connectivity index (χ3v) is 3.33. The predicted octanol–water partition coefficient (Wildman–Crippen LogP) is 0.484. The number of thiocarbonyl (C=S) groups is 1. The molecule has 0 saturated carbocycles. The van der Waals surface area contributed by atoms with Gasteiger partial charge < -0.3 is 20.1 Å². The van der Waals surface area contributed by atoms with Crippen molar-refractivity contribution in [3.8, 4) is 0 Å². The zero-order valence-electron chi connectivity index (χ0n) is 11.2. The zero-order chi connectivity index (χ0) is 14.5. The van der Waals surface area contributed by atoms with Crippen LogP contribution in [0.4, 0.5) is 5.82 Å². The molecular weight excluding hydrogens is 278 g/mol. The van der Waals surface area contributed by atoms with Crippen LogP contribution < -0.4 is 10.6 Å². The summed E-state index contributed by atoms with van der Waals surface area (Å²) in [5.41, 5.74) is 6.45. The summed E-state index contributed by atoms with van der Waals surface area (Å²) in [6.07, 6.45) is 1.71. The lowest BCUT2D eigenvalue weighted by Gasteiger charge is -2.34. The minimum Gasteiger partial charge on any atom is -0.469 e. The van der Waals surface area contributed by atoms with E-state index in [-0.39, 0.29) is 18.5 Å². The largest absolute Gasteiger partial charge is 0.469 e. The van der Waals surface area contributed by atoms with Crippen LogP contribution in [0.2, 0.25) is 0 Å². The smallest absolute Gasteiger partial charge is 0.308 e. The van der Waals surface area contributed by atoms with E-state index < -0.39 is 0 Å². The Hall–Kier alpha value is -1.73. The fraction of sp³-hybridized carbons (Fsp3) is 0.462. The molecule has 0 amide bonds. The molecule has 20 heavy (non-hydrogen) atoms. The first-order valence-electron chi connectivity index (χ1n) is 6.30. The highest BCUT2D eigenvalue weighted by Gasteiger charge is 2.25. The number of ether oxygens (including phenoxy) is 2. The summed E-state index contributed by atoms with van der Waals surface area (Å²) in [6.45, 7) is 1.76. The topological polar surface area (TPSA) is 77.7 Å². The second-order valence-electron chi connectivity index (χ2n) is 4.46. The molecule has 6 nitrogen and oxygen atoms in total. The summed E-state index contributed by atoms with van der Waals surface area (Å²) in [7, 11) is 1.37.